The lowest BCUT2D eigenvalue weighted by Gasteiger charge is -2.21. The van der Waals surface area contributed by atoms with Crippen LogP contribution in [0.1, 0.15) is 26.3 Å². The molecule has 0 aliphatic rings. The van der Waals surface area contributed by atoms with E-state index in [0.717, 1.165) is 10.0 Å². The Morgan fingerprint density at radius 2 is 2.00 bits per heavy atom. The molecule has 6 heteroatoms. The predicted octanol–water partition coefficient (Wildman–Crippen LogP) is 2.08. The Bertz CT molecular complexity index is 460. The van der Waals surface area contributed by atoms with Crippen LogP contribution in [-0.4, -0.2) is 42.2 Å². The summed E-state index contributed by atoms with van der Waals surface area (Å²) in [6.07, 6.45) is -0.913. The van der Waals surface area contributed by atoms with Gasteiger partial charge in [-0.05, 0) is 54.4 Å². The molecule has 1 aromatic rings. The van der Waals surface area contributed by atoms with Crippen LogP contribution >= 0.6 is 15.9 Å². The fraction of sp³-hybridized carbons (Fsp3) is 0.600. The minimum absolute atomic E-state index is 0.00501. The number of halogens is 1. The Morgan fingerprint density at radius 3 is 2.52 bits per heavy atom. The number of benzene rings is 1. The van der Waals surface area contributed by atoms with E-state index in [2.05, 4.69) is 42.0 Å². The third-order valence-corrected chi connectivity index (χ3v) is 3.33. The lowest BCUT2D eigenvalue weighted by molar-refractivity contribution is 0.0524. The van der Waals surface area contributed by atoms with Crippen LogP contribution < -0.4 is 14.8 Å². The molecule has 1 atom stereocenters. The Hall–Kier alpha value is -0.820. The molecule has 0 saturated carbocycles. The zero-order chi connectivity index (χ0) is 16.0. The SMILES string of the molecule is COc1cc(CNC(C)(C)C)cc(Br)c1OCC(O)CO. The minimum atomic E-state index is -0.913. The molecular formula is C15H24BrNO4. The van der Waals surface area contributed by atoms with Gasteiger partial charge in [-0.3, -0.25) is 0 Å². The highest BCUT2D eigenvalue weighted by atomic mass is 79.9. The molecule has 120 valence electrons. The largest absolute Gasteiger partial charge is 0.493 e. The Morgan fingerprint density at radius 1 is 1.33 bits per heavy atom. The number of aliphatic hydroxyl groups excluding tert-OH is 2. The zero-order valence-corrected chi connectivity index (χ0v) is 14.5. The van der Waals surface area contributed by atoms with E-state index in [4.69, 9.17) is 14.6 Å². The summed E-state index contributed by atoms with van der Waals surface area (Å²) in [5, 5.41) is 21.6. The zero-order valence-electron chi connectivity index (χ0n) is 12.9. The van der Waals surface area contributed by atoms with E-state index in [-0.39, 0.29) is 18.8 Å². The number of hydrogen-bond acceptors (Lipinski definition) is 5. The second-order valence-corrected chi connectivity index (χ2v) is 6.71. The Balaban J connectivity index is 2.86. The fourth-order valence-electron chi connectivity index (χ4n) is 1.61. The maximum Gasteiger partial charge on any atom is 0.175 e. The van der Waals surface area contributed by atoms with Crippen molar-refractivity contribution in [3.8, 4) is 11.5 Å². The molecule has 3 N–H and O–H groups in total. The maximum atomic E-state index is 9.36. The van der Waals surface area contributed by atoms with Crippen molar-refractivity contribution in [3.63, 3.8) is 0 Å². The highest BCUT2D eigenvalue weighted by Gasteiger charge is 2.15. The van der Waals surface area contributed by atoms with Gasteiger partial charge in [0.05, 0.1) is 18.2 Å². The normalized spacial score (nSPS) is 13.1. The highest BCUT2D eigenvalue weighted by molar-refractivity contribution is 9.10. The molecule has 1 unspecified atom stereocenters. The van der Waals surface area contributed by atoms with Crippen molar-refractivity contribution in [3.05, 3.63) is 22.2 Å². The standard InChI is InChI=1S/C15H24BrNO4/c1-15(2,3)17-7-10-5-12(16)14(13(6-10)20-4)21-9-11(19)8-18/h5-6,11,17-19H,7-9H2,1-4H3. The lowest BCUT2D eigenvalue weighted by Crippen LogP contribution is -2.35. The van der Waals surface area contributed by atoms with E-state index in [9.17, 15) is 5.11 Å². The second-order valence-electron chi connectivity index (χ2n) is 5.86. The quantitative estimate of drug-likeness (QED) is 0.693. The molecule has 0 aliphatic carbocycles. The van der Waals surface area contributed by atoms with E-state index in [1.165, 1.54) is 0 Å². The first-order valence-corrected chi connectivity index (χ1v) is 7.59. The lowest BCUT2D eigenvalue weighted by atomic mass is 10.1. The molecule has 5 nitrogen and oxygen atoms in total. The van der Waals surface area contributed by atoms with Gasteiger partial charge >= 0.3 is 0 Å². The fourth-order valence-corrected chi connectivity index (χ4v) is 2.22. The number of nitrogens with one attached hydrogen (secondary N) is 1. The summed E-state index contributed by atoms with van der Waals surface area (Å²) in [6, 6.07) is 3.84. The third kappa shape index (κ3) is 6.22. The van der Waals surface area contributed by atoms with E-state index < -0.39 is 6.10 Å². The van der Waals surface area contributed by atoms with Crippen LogP contribution in [0.25, 0.3) is 0 Å². The highest BCUT2D eigenvalue weighted by Crippen LogP contribution is 2.36. The van der Waals surface area contributed by atoms with Crippen molar-refractivity contribution in [2.45, 2.75) is 39.0 Å². The van der Waals surface area contributed by atoms with Gasteiger partial charge in [-0.2, -0.15) is 0 Å². The van der Waals surface area contributed by atoms with Crippen LogP contribution in [-0.2, 0) is 6.54 Å². The van der Waals surface area contributed by atoms with Gasteiger partial charge in [0.15, 0.2) is 11.5 Å². The first-order valence-electron chi connectivity index (χ1n) is 6.80. The summed E-state index contributed by atoms with van der Waals surface area (Å²) in [7, 11) is 1.57. The third-order valence-electron chi connectivity index (χ3n) is 2.74. The van der Waals surface area contributed by atoms with Gasteiger partial charge in [-0.15, -0.1) is 0 Å². The molecule has 1 aromatic carbocycles. The van der Waals surface area contributed by atoms with Crippen molar-refractivity contribution in [2.24, 2.45) is 0 Å². The summed E-state index contributed by atoms with van der Waals surface area (Å²) < 4.78 is 11.6. The monoisotopic (exact) mass is 361 g/mol. The summed E-state index contributed by atoms with van der Waals surface area (Å²) in [5.41, 5.74) is 1.09. The van der Waals surface area contributed by atoms with Crippen LogP contribution in [0.15, 0.2) is 16.6 Å². The number of aliphatic hydroxyl groups is 2. The minimum Gasteiger partial charge on any atom is -0.493 e. The van der Waals surface area contributed by atoms with E-state index in [1.54, 1.807) is 7.11 Å². The summed E-state index contributed by atoms with van der Waals surface area (Å²) in [5.74, 6) is 1.10. The van der Waals surface area contributed by atoms with Crippen molar-refractivity contribution >= 4 is 15.9 Å². The van der Waals surface area contributed by atoms with Gasteiger partial charge < -0.3 is 25.0 Å². The molecule has 0 heterocycles. The van der Waals surface area contributed by atoms with Crippen molar-refractivity contribution in [1.29, 1.82) is 0 Å². The van der Waals surface area contributed by atoms with E-state index in [1.807, 2.05) is 12.1 Å². The van der Waals surface area contributed by atoms with Gasteiger partial charge in [-0.25, -0.2) is 0 Å². The molecule has 1 rings (SSSR count). The average molecular weight is 362 g/mol. The molecule has 0 aliphatic heterocycles. The van der Waals surface area contributed by atoms with Crippen molar-refractivity contribution < 1.29 is 19.7 Å². The molecular weight excluding hydrogens is 338 g/mol. The smallest absolute Gasteiger partial charge is 0.175 e. The Kier molecular flexibility index (Phi) is 6.93. The van der Waals surface area contributed by atoms with E-state index in [0.29, 0.717) is 18.0 Å². The van der Waals surface area contributed by atoms with Gasteiger partial charge in [0.2, 0.25) is 0 Å². The van der Waals surface area contributed by atoms with Crippen LogP contribution in [0, 0.1) is 0 Å². The molecule has 0 radical (unpaired) electrons. The van der Waals surface area contributed by atoms with Crippen molar-refractivity contribution in [1.82, 2.24) is 5.32 Å². The number of rotatable bonds is 7. The van der Waals surface area contributed by atoms with Gasteiger partial charge in [-0.1, -0.05) is 0 Å². The molecule has 0 spiro atoms. The molecule has 0 fully saturated rings. The topological polar surface area (TPSA) is 71.0 Å². The summed E-state index contributed by atoms with van der Waals surface area (Å²) >= 11 is 3.45. The molecule has 0 amide bonds. The maximum absolute atomic E-state index is 9.36. The molecule has 21 heavy (non-hydrogen) atoms. The summed E-state index contributed by atoms with van der Waals surface area (Å²) in [6.45, 7) is 6.68. The molecule has 0 saturated heterocycles. The van der Waals surface area contributed by atoms with Crippen LogP contribution in [0.4, 0.5) is 0 Å². The van der Waals surface area contributed by atoms with Crippen LogP contribution in [0.3, 0.4) is 0 Å². The van der Waals surface area contributed by atoms with E-state index >= 15 is 0 Å². The number of methoxy groups -OCH3 is 1. The summed E-state index contributed by atoms with van der Waals surface area (Å²) in [4.78, 5) is 0. The van der Waals surface area contributed by atoms with Gasteiger partial charge in [0.1, 0.15) is 12.7 Å². The van der Waals surface area contributed by atoms with Crippen LogP contribution in [0.2, 0.25) is 0 Å². The molecule has 0 bridgehead atoms. The number of ether oxygens (including phenoxy) is 2. The van der Waals surface area contributed by atoms with Gasteiger partial charge in [0.25, 0.3) is 0 Å². The predicted molar refractivity (Wildman–Crippen MR) is 85.9 cm³/mol. The first-order chi connectivity index (χ1) is 9.76. The van der Waals surface area contributed by atoms with Crippen molar-refractivity contribution in [2.75, 3.05) is 20.3 Å². The second kappa shape index (κ2) is 7.98. The average Bonchev–Trinajstić information content (AvgIpc) is 2.42. The molecule has 0 aromatic heterocycles. The Labute approximate surface area is 134 Å². The van der Waals surface area contributed by atoms with Gasteiger partial charge in [0, 0.05) is 12.1 Å². The first kappa shape index (κ1) is 18.2. The van der Waals surface area contributed by atoms with Crippen LogP contribution in [0.5, 0.6) is 11.5 Å². The number of hydrogen-bond donors (Lipinski definition) is 3.